The molecular weight excluding hydrogens is 689 g/mol. The van der Waals surface area contributed by atoms with Crippen molar-refractivity contribution in [2.45, 2.75) is 43.9 Å². The van der Waals surface area contributed by atoms with Crippen molar-refractivity contribution in [1.29, 1.82) is 10.5 Å². The van der Waals surface area contributed by atoms with Crippen LogP contribution in [-0.2, 0) is 0 Å². The molecule has 0 radical (unpaired) electrons. The molecule has 2 aromatic carbocycles. The first-order chi connectivity index (χ1) is 24.1. The van der Waals surface area contributed by atoms with Gasteiger partial charge in [0.2, 0.25) is 0 Å². The zero-order valence-corrected chi connectivity index (χ0v) is 28.2. The second-order valence-corrected chi connectivity index (χ2v) is 14.2. The van der Waals surface area contributed by atoms with Gasteiger partial charge in [-0.15, -0.1) is 11.3 Å². The van der Waals surface area contributed by atoms with E-state index in [1.807, 2.05) is 17.9 Å². The second-order valence-electron chi connectivity index (χ2n) is 12.8. The molecule has 254 valence electrons. The summed E-state index contributed by atoms with van der Waals surface area (Å²) in [6.07, 6.45) is 2.53. The van der Waals surface area contributed by atoms with Crippen LogP contribution in [0.25, 0.3) is 32.1 Å². The van der Waals surface area contributed by atoms with Gasteiger partial charge in [-0.25, -0.2) is 13.2 Å². The zero-order valence-electron chi connectivity index (χ0n) is 26.6. The topological polar surface area (TPSA) is 137 Å². The molecule has 5 aromatic rings. The third-order valence-electron chi connectivity index (χ3n) is 10.0. The molecule has 3 aliphatic heterocycles. The van der Waals surface area contributed by atoms with E-state index in [9.17, 15) is 14.9 Å². The van der Waals surface area contributed by atoms with Crippen molar-refractivity contribution < 1.29 is 22.6 Å². The van der Waals surface area contributed by atoms with E-state index in [4.69, 9.17) is 31.8 Å². The van der Waals surface area contributed by atoms with Crippen molar-refractivity contribution >= 4 is 54.7 Å². The first-order valence-electron chi connectivity index (χ1n) is 16.0. The van der Waals surface area contributed by atoms with Gasteiger partial charge in [-0.05, 0) is 50.1 Å². The number of pyridine rings is 1. The van der Waals surface area contributed by atoms with Gasteiger partial charge in [0.25, 0.3) is 0 Å². The molecule has 0 amide bonds. The molecule has 0 spiro atoms. The van der Waals surface area contributed by atoms with Crippen LogP contribution < -0.4 is 20.1 Å². The van der Waals surface area contributed by atoms with E-state index >= 15 is 8.78 Å². The van der Waals surface area contributed by atoms with Crippen LogP contribution in [0.2, 0.25) is 5.02 Å². The monoisotopic (exact) mass is 716 g/mol. The number of anilines is 2. The van der Waals surface area contributed by atoms with Crippen molar-refractivity contribution in [3.8, 4) is 35.0 Å². The Morgan fingerprint density at radius 2 is 2.04 bits per heavy atom. The minimum atomic E-state index is -0.979. The Kier molecular flexibility index (Phi) is 7.86. The number of thiophene rings is 1. The Morgan fingerprint density at radius 1 is 1.20 bits per heavy atom. The van der Waals surface area contributed by atoms with Crippen LogP contribution in [0.4, 0.5) is 24.0 Å². The standard InChI is InChI=1S/C35H28ClF3N8O2S/c1-17(23-11-18(13-40)5-7-43-23)47-9-10-48-30-26-29(44-34(45-33(26)47)49-16-35-6-2-8-46(35)15-19(37)12-35)28(39)25(27(30)36)20-3-4-22(38)31-24(20)21(14-41)32(42)50-31/h3-5,7,11,17,19H,2,6,8-10,12,15-16,42H2,1H3/t17-,19-,35+/m1/s1. The smallest absolute Gasteiger partial charge is 0.319 e. The fourth-order valence-corrected chi connectivity index (χ4v) is 8.95. The number of aromatic nitrogens is 3. The summed E-state index contributed by atoms with van der Waals surface area (Å²) in [5.74, 6) is -1.12. The van der Waals surface area contributed by atoms with Crippen LogP contribution in [-0.4, -0.2) is 64.4 Å². The van der Waals surface area contributed by atoms with E-state index in [0.29, 0.717) is 24.2 Å². The molecule has 6 heterocycles. The molecule has 0 bridgehead atoms. The Hall–Kier alpha value is -4.89. The molecule has 3 atom stereocenters. The Balaban J connectivity index is 1.35. The van der Waals surface area contributed by atoms with E-state index < -0.39 is 29.4 Å². The zero-order chi connectivity index (χ0) is 34.9. The van der Waals surface area contributed by atoms with Gasteiger partial charge >= 0.3 is 6.01 Å². The molecule has 10 nitrogen and oxygen atoms in total. The summed E-state index contributed by atoms with van der Waals surface area (Å²) in [6.45, 7) is 3.42. The summed E-state index contributed by atoms with van der Waals surface area (Å²) in [5, 5.41) is 19.8. The van der Waals surface area contributed by atoms with E-state index in [2.05, 4.69) is 20.9 Å². The molecule has 3 aromatic heterocycles. The van der Waals surface area contributed by atoms with Gasteiger partial charge in [0.05, 0.1) is 56.1 Å². The van der Waals surface area contributed by atoms with E-state index in [-0.39, 0.29) is 85.0 Å². The number of hydrogen-bond acceptors (Lipinski definition) is 11. The Morgan fingerprint density at radius 3 is 2.84 bits per heavy atom. The summed E-state index contributed by atoms with van der Waals surface area (Å²) in [7, 11) is 0. The molecule has 0 unspecified atom stereocenters. The van der Waals surface area contributed by atoms with Gasteiger partial charge in [-0.3, -0.25) is 9.88 Å². The summed E-state index contributed by atoms with van der Waals surface area (Å²) >= 11 is 7.92. The maximum atomic E-state index is 17.3. The highest BCUT2D eigenvalue weighted by Gasteiger charge is 2.49. The van der Waals surface area contributed by atoms with Gasteiger partial charge in [0, 0.05) is 30.1 Å². The van der Waals surface area contributed by atoms with Gasteiger partial charge in [0.1, 0.15) is 47.6 Å². The quantitative estimate of drug-likeness (QED) is 0.194. The average Bonchev–Trinajstić information content (AvgIpc) is 3.71. The van der Waals surface area contributed by atoms with Crippen molar-refractivity contribution in [3.63, 3.8) is 0 Å². The van der Waals surface area contributed by atoms with Crippen LogP contribution >= 0.6 is 22.9 Å². The number of nitrogens with two attached hydrogens (primary N) is 1. The van der Waals surface area contributed by atoms with Gasteiger partial charge in [0.15, 0.2) is 11.6 Å². The number of alkyl halides is 1. The molecule has 8 rings (SSSR count). The fourth-order valence-electron chi connectivity index (χ4n) is 7.67. The highest BCUT2D eigenvalue weighted by molar-refractivity contribution is 7.23. The molecule has 50 heavy (non-hydrogen) atoms. The molecule has 0 saturated carbocycles. The van der Waals surface area contributed by atoms with Crippen LogP contribution in [0, 0.1) is 34.3 Å². The number of fused-ring (bicyclic) bond motifs is 2. The van der Waals surface area contributed by atoms with Gasteiger partial charge in [-0.1, -0.05) is 17.7 Å². The van der Waals surface area contributed by atoms with E-state index in [1.165, 1.54) is 12.1 Å². The minimum Gasteiger partial charge on any atom is -0.489 e. The lowest BCUT2D eigenvalue weighted by molar-refractivity contribution is 0.107. The second kappa shape index (κ2) is 12.2. The predicted octanol–water partition coefficient (Wildman–Crippen LogP) is 7.08. The number of ether oxygens (including phenoxy) is 2. The van der Waals surface area contributed by atoms with Crippen molar-refractivity contribution in [2.75, 3.05) is 43.5 Å². The van der Waals surface area contributed by atoms with Gasteiger partial charge in [-0.2, -0.15) is 20.5 Å². The molecular formula is C35H28ClF3N8O2S. The van der Waals surface area contributed by atoms with Crippen molar-refractivity contribution in [3.05, 3.63) is 63.9 Å². The number of hydrogen-bond donors (Lipinski definition) is 1. The number of nitrogens with zero attached hydrogens (tertiary/aromatic N) is 7. The lowest BCUT2D eigenvalue weighted by atomic mass is 9.95. The lowest BCUT2D eigenvalue weighted by Crippen LogP contribution is -2.43. The molecule has 2 N–H and O–H groups in total. The predicted molar refractivity (Wildman–Crippen MR) is 183 cm³/mol. The SMILES string of the molecule is C[C@H](c1cc(C#N)ccn1)N1CCOc2c(Cl)c(-c3ccc(F)c4sc(N)c(C#N)c34)c(F)c3nc(OC[C@@]45CCCN4C[C@H](F)C5)nc1c23. The average molecular weight is 717 g/mol. The minimum absolute atomic E-state index is 0.00412. The number of nitrogen functional groups attached to an aromatic ring is 1. The van der Waals surface area contributed by atoms with E-state index in [0.717, 1.165) is 30.7 Å². The Labute approximate surface area is 293 Å². The van der Waals surface area contributed by atoms with Crippen LogP contribution in [0.3, 0.4) is 0 Å². The maximum Gasteiger partial charge on any atom is 0.319 e. The van der Waals surface area contributed by atoms with Gasteiger partial charge < -0.3 is 20.1 Å². The number of benzene rings is 2. The molecule has 2 saturated heterocycles. The normalized spacial score (nSPS) is 20.7. The third kappa shape index (κ3) is 4.96. The summed E-state index contributed by atoms with van der Waals surface area (Å²) in [4.78, 5) is 17.8. The number of nitriles is 2. The summed E-state index contributed by atoms with van der Waals surface area (Å²) in [6, 6.07) is 9.35. The van der Waals surface area contributed by atoms with Crippen LogP contribution in [0.1, 0.15) is 49.0 Å². The highest BCUT2D eigenvalue weighted by Crippen LogP contribution is 2.51. The summed E-state index contributed by atoms with van der Waals surface area (Å²) < 4.78 is 59.5. The highest BCUT2D eigenvalue weighted by atomic mass is 35.5. The maximum absolute atomic E-state index is 17.3. The van der Waals surface area contributed by atoms with E-state index in [1.54, 1.807) is 18.3 Å². The number of rotatable bonds is 6. The van der Waals surface area contributed by atoms with Crippen molar-refractivity contribution in [2.24, 2.45) is 0 Å². The summed E-state index contributed by atoms with van der Waals surface area (Å²) in [5.41, 5.74) is 6.39. The fraction of sp³-hybridized carbons (Fsp3) is 0.343. The number of halogens is 4. The molecule has 3 aliphatic rings. The molecule has 15 heteroatoms. The first kappa shape index (κ1) is 32.3. The molecule has 2 fully saturated rings. The van der Waals surface area contributed by atoms with Crippen LogP contribution in [0.5, 0.6) is 11.8 Å². The first-order valence-corrected chi connectivity index (χ1v) is 17.2. The lowest BCUT2D eigenvalue weighted by Gasteiger charge is -2.31. The largest absolute Gasteiger partial charge is 0.489 e. The third-order valence-corrected chi connectivity index (χ3v) is 11.4. The van der Waals surface area contributed by atoms with Crippen LogP contribution in [0.15, 0.2) is 30.5 Å². The van der Waals surface area contributed by atoms with Crippen molar-refractivity contribution in [1.82, 2.24) is 19.9 Å². The Bertz CT molecular complexity index is 2310. The molecule has 0 aliphatic carbocycles.